The first-order valence-corrected chi connectivity index (χ1v) is 12.7. The molecule has 1 N–H and O–H groups in total. The third-order valence-corrected chi connectivity index (χ3v) is 6.99. The Hall–Kier alpha value is -4.38. The zero-order chi connectivity index (χ0) is 28.3. The van der Waals surface area contributed by atoms with Gasteiger partial charge in [0.1, 0.15) is 12.0 Å². The van der Waals surface area contributed by atoms with E-state index in [9.17, 15) is 22.4 Å². The number of carbonyl (C=O) groups excluding carboxylic acids is 1. The lowest BCUT2D eigenvalue weighted by atomic mass is 10.1. The normalized spacial score (nSPS) is 15.3. The first kappa shape index (κ1) is 27.2. The summed E-state index contributed by atoms with van der Waals surface area (Å²) in [7, 11) is 0. The standard InChI is InChI=1S/C26H25F4N9O/c27-21-19(4-7-32-23(21)26(28,29)30)25(40)38-11-9-37(10-12-38)18(3-1-2-6-31)15-39-14-17(13-36-39)22-20-5-8-33-24(20)35-16-34-22/h4-5,7-8,13-14,16,18H,1-3,9-12,15H2,(H,33,34,35)/t18-/m1/s1. The quantitative estimate of drug-likeness (QED) is 0.259. The monoisotopic (exact) mass is 555 g/mol. The molecule has 4 aromatic heterocycles. The molecule has 1 aliphatic rings. The number of nitrogens with one attached hydrogen (secondary N) is 1. The highest BCUT2D eigenvalue weighted by Crippen LogP contribution is 2.31. The van der Waals surface area contributed by atoms with E-state index in [2.05, 4.69) is 36.0 Å². The van der Waals surface area contributed by atoms with Gasteiger partial charge in [-0.25, -0.2) is 19.3 Å². The van der Waals surface area contributed by atoms with Crippen LogP contribution in [-0.2, 0) is 12.7 Å². The largest absolute Gasteiger partial charge is 0.436 e. The van der Waals surface area contributed by atoms with Gasteiger partial charge in [0.2, 0.25) is 0 Å². The molecule has 4 aromatic rings. The maximum Gasteiger partial charge on any atom is 0.436 e. The molecule has 1 saturated heterocycles. The van der Waals surface area contributed by atoms with E-state index >= 15 is 0 Å². The van der Waals surface area contributed by atoms with E-state index in [0.29, 0.717) is 38.9 Å². The number of halogens is 4. The zero-order valence-electron chi connectivity index (χ0n) is 21.3. The Morgan fingerprint density at radius 1 is 1.15 bits per heavy atom. The van der Waals surface area contributed by atoms with Gasteiger partial charge < -0.3 is 9.88 Å². The van der Waals surface area contributed by atoms with Gasteiger partial charge in [0, 0.05) is 68.2 Å². The average Bonchev–Trinajstić information content (AvgIpc) is 3.62. The number of piperazine rings is 1. The number of amides is 1. The smallest absolute Gasteiger partial charge is 0.346 e. The van der Waals surface area contributed by atoms with Crippen LogP contribution < -0.4 is 0 Å². The number of pyridine rings is 1. The summed E-state index contributed by atoms with van der Waals surface area (Å²) in [5, 5.41) is 14.4. The molecule has 5 rings (SSSR count). The minimum atomic E-state index is -5.00. The summed E-state index contributed by atoms with van der Waals surface area (Å²) in [6, 6.07) is 5.02. The van der Waals surface area contributed by atoms with Crippen LogP contribution in [-0.4, -0.2) is 77.6 Å². The molecule has 1 amide bonds. The van der Waals surface area contributed by atoms with Crippen LogP contribution in [0.2, 0.25) is 0 Å². The second kappa shape index (κ2) is 11.4. The number of aromatic amines is 1. The second-order valence-electron chi connectivity index (χ2n) is 9.46. The third-order valence-electron chi connectivity index (χ3n) is 6.99. The van der Waals surface area contributed by atoms with Gasteiger partial charge in [0.05, 0.1) is 30.1 Å². The second-order valence-corrected chi connectivity index (χ2v) is 9.46. The Morgan fingerprint density at radius 3 is 2.70 bits per heavy atom. The highest BCUT2D eigenvalue weighted by atomic mass is 19.4. The maximum atomic E-state index is 14.5. The van der Waals surface area contributed by atoms with E-state index in [0.717, 1.165) is 34.6 Å². The summed E-state index contributed by atoms with van der Waals surface area (Å²) in [6.07, 6.45) is 4.48. The van der Waals surface area contributed by atoms with Crippen LogP contribution in [0.4, 0.5) is 17.6 Å². The van der Waals surface area contributed by atoms with E-state index in [1.165, 1.54) is 11.2 Å². The van der Waals surface area contributed by atoms with E-state index in [1.54, 1.807) is 12.4 Å². The highest BCUT2D eigenvalue weighted by molar-refractivity contribution is 5.94. The number of hydrogen-bond donors (Lipinski definition) is 1. The number of hydrogen-bond acceptors (Lipinski definition) is 7. The number of nitrogens with zero attached hydrogens (tertiary/aromatic N) is 8. The van der Waals surface area contributed by atoms with Crippen molar-refractivity contribution < 1.29 is 22.4 Å². The van der Waals surface area contributed by atoms with Crippen LogP contribution >= 0.6 is 0 Å². The SMILES string of the molecule is N#CCCC[C@H](Cn1cc(-c2ncnc3[nH]ccc23)cn1)N1CCN(C(=O)c2ccnc(C(F)(F)F)c2F)CC1. The van der Waals surface area contributed by atoms with Gasteiger partial charge in [0.15, 0.2) is 11.5 Å². The number of carbonyl (C=O) groups is 1. The molecule has 0 aliphatic carbocycles. The molecule has 10 nitrogen and oxygen atoms in total. The maximum absolute atomic E-state index is 14.5. The molecule has 1 fully saturated rings. The third kappa shape index (κ3) is 5.64. The Balaban J connectivity index is 1.27. The first-order valence-electron chi connectivity index (χ1n) is 12.7. The predicted octanol–water partition coefficient (Wildman–Crippen LogP) is 3.89. The van der Waals surface area contributed by atoms with Gasteiger partial charge in [-0.15, -0.1) is 0 Å². The molecular formula is C26H25F4N9O. The zero-order valence-corrected chi connectivity index (χ0v) is 21.3. The summed E-state index contributed by atoms with van der Waals surface area (Å²) in [5.41, 5.74) is -0.0432. The van der Waals surface area contributed by atoms with E-state index in [4.69, 9.17) is 5.26 Å². The molecule has 0 unspecified atom stereocenters. The van der Waals surface area contributed by atoms with Gasteiger partial charge in [-0.1, -0.05) is 0 Å². The van der Waals surface area contributed by atoms with Gasteiger partial charge in [0.25, 0.3) is 5.91 Å². The molecule has 0 bridgehead atoms. The molecule has 0 aromatic carbocycles. The number of rotatable bonds is 8. The molecule has 0 radical (unpaired) electrons. The summed E-state index contributed by atoms with van der Waals surface area (Å²) in [5.74, 6) is -2.46. The van der Waals surface area contributed by atoms with E-state index in [-0.39, 0.29) is 19.1 Å². The highest BCUT2D eigenvalue weighted by Gasteiger charge is 2.38. The first-order chi connectivity index (χ1) is 19.3. The van der Waals surface area contributed by atoms with Crippen LogP contribution in [0.25, 0.3) is 22.3 Å². The Labute approximate surface area is 226 Å². The van der Waals surface area contributed by atoms with Crippen molar-refractivity contribution in [2.75, 3.05) is 26.2 Å². The lowest BCUT2D eigenvalue weighted by Crippen LogP contribution is -2.53. The molecular weight excluding hydrogens is 530 g/mol. The van der Waals surface area contributed by atoms with Crippen molar-refractivity contribution in [3.8, 4) is 17.3 Å². The van der Waals surface area contributed by atoms with Crippen molar-refractivity contribution >= 4 is 16.9 Å². The van der Waals surface area contributed by atoms with Crippen LogP contribution in [0.1, 0.15) is 35.3 Å². The molecule has 0 saturated carbocycles. The number of alkyl halides is 3. The minimum absolute atomic E-state index is 0.00878. The molecule has 14 heteroatoms. The van der Waals surface area contributed by atoms with E-state index in [1.807, 2.05) is 16.9 Å². The fourth-order valence-electron chi connectivity index (χ4n) is 4.98. The molecule has 0 spiro atoms. The van der Waals surface area contributed by atoms with Gasteiger partial charge in [-0.05, 0) is 25.0 Å². The molecule has 1 aliphatic heterocycles. The summed E-state index contributed by atoms with van der Waals surface area (Å²) in [4.78, 5) is 31.2. The van der Waals surface area contributed by atoms with Crippen molar-refractivity contribution in [1.82, 2.24) is 39.5 Å². The fourth-order valence-corrected chi connectivity index (χ4v) is 4.98. The van der Waals surface area contributed by atoms with Crippen LogP contribution in [0, 0.1) is 17.1 Å². The number of nitriles is 1. The molecule has 40 heavy (non-hydrogen) atoms. The number of H-pyrrole nitrogens is 1. The Morgan fingerprint density at radius 2 is 1.95 bits per heavy atom. The lowest BCUT2D eigenvalue weighted by molar-refractivity contribution is -0.143. The van der Waals surface area contributed by atoms with Gasteiger partial charge in [-0.2, -0.15) is 23.5 Å². The topological polar surface area (TPSA) is 120 Å². The van der Waals surface area contributed by atoms with Crippen molar-refractivity contribution in [3.63, 3.8) is 0 Å². The summed E-state index contributed by atoms with van der Waals surface area (Å²) < 4.78 is 55.5. The summed E-state index contributed by atoms with van der Waals surface area (Å²) >= 11 is 0. The number of fused-ring (bicyclic) bond motifs is 1. The van der Waals surface area contributed by atoms with Crippen LogP contribution in [0.3, 0.4) is 0 Å². The number of aromatic nitrogens is 6. The Bertz CT molecular complexity index is 1530. The fraction of sp³-hybridized carbons (Fsp3) is 0.385. The van der Waals surface area contributed by atoms with Crippen LogP contribution in [0.5, 0.6) is 0 Å². The van der Waals surface area contributed by atoms with Gasteiger partial charge >= 0.3 is 6.18 Å². The number of unbranched alkanes of at least 4 members (excludes halogenated alkanes) is 1. The molecule has 5 heterocycles. The van der Waals surface area contributed by atoms with E-state index < -0.39 is 29.2 Å². The van der Waals surface area contributed by atoms with Crippen molar-refractivity contribution in [1.29, 1.82) is 5.26 Å². The predicted molar refractivity (Wildman–Crippen MR) is 135 cm³/mol. The Kier molecular flexibility index (Phi) is 7.74. The van der Waals surface area contributed by atoms with Gasteiger partial charge in [-0.3, -0.25) is 14.4 Å². The van der Waals surface area contributed by atoms with Crippen molar-refractivity contribution in [2.45, 2.75) is 38.0 Å². The summed E-state index contributed by atoms with van der Waals surface area (Å²) in [6.45, 7) is 1.83. The van der Waals surface area contributed by atoms with Crippen LogP contribution in [0.15, 0.2) is 43.2 Å². The lowest BCUT2D eigenvalue weighted by Gasteiger charge is -2.39. The minimum Gasteiger partial charge on any atom is -0.346 e. The van der Waals surface area contributed by atoms with Crippen molar-refractivity contribution in [2.24, 2.45) is 0 Å². The van der Waals surface area contributed by atoms with Crippen molar-refractivity contribution in [3.05, 3.63) is 60.3 Å². The molecule has 1 atom stereocenters. The average molecular weight is 556 g/mol. The molecule has 208 valence electrons.